The molecule has 2 nitrogen and oxygen atoms in total. The Kier molecular flexibility index (Phi) is 4.52. The van der Waals surface area contributed by atoms with E-state index < -0.39 is 0 Å². The number of hydrogen-bond acceptors (Lipinski definition) is 2. The molecule has 1 aliphatic rings. The fourth-order valence-corrected chi connectivity index (χ4v) is 1.36. The largest absolute Gasteiger partial charge is 0.373 e. The van der Waals surface area contributed by atoms with E-state index in [0.29, 0.717) is 5.57 Å². The van der Waals surface area contributed by atoms with Crippen LogP contribution in [0.25, 0.3) is 0 Å². The van der Waals surface area contributed by atoms with Crippen LogP contribution in [-0.4, -0.2) is 18.7 Å². The van der Waals surface area contributed by atoms with Crippen LogP contribution in [0.5, 0.6) is 0 Å². The molecule has 0 N–H and O–H groups in total. The third-order valence-electron chi connectivity index (χ3n) is 2.17. The molecule has 1 rings (SSSR count). The molecule has 0 saturated carbocycles. The summed E-state index contributed by atoms with van der Waals surface area (Å²) in [7, 11) is 0. The highest BCUT2D eigenvalue weighted by molar-refractivity contribution is 5.59. The van der Waals surface area contributed by atoms with Gasteiger partial charge in [-0.3, -0.25) is 0 Å². The summed E-state index contributed by atoms with van der Waals surface area (Å²) in [6.45, 7) is 2.88. The highest BCUT2D eigenvalue weighted by Gasteiger charge is 2.16. The lowest BCUT2D eigenvalue weighted by Gasteiger charge is -2.18. The number of carbonyl (C=O) groups excluding carboxylic acids is 1. The second-order valence-electron chi connectivity index (χ2n) is 3.25. The van der Waals surface area contributed by atoms with E-state index in [1.807, 2.05) is 18.1 Å². The molecule has 0 aromatic carbocycles. The Morgan fingerprint density at radius 2 is 2.54 bits per heavy atom. The Hall–Kier alpha value is -0.850. The van der Waals surface area contributed by atoms with E-state index in [9.17, 15) is 4.79 Å². The van der Waals surface area contributed by atoms with Gasteiger partial charge in [0.1, 0.15) is 5.94 Å². The summed E-state index contributed by atoms with van der Waals surface area (Å²) in [6, 6.07) is 0. The minimum atomic E-state index is -0.00551. The molecular formula is C11H16O2. The fraction of sp³-hybridized carbons (Fsp3) is 0.636. The van der Waals surface area contributed by atoms with Crippen LogP contribution < -0.4 is 0 Å². The van der Waals surface area contributed by atoms with E-state index in [2.05, 4.69) is 6.92 Å². The summed E-state index contributed by atoms with van der Waals surface area (Å²) < 4.78 is 5.58. The Morgan fingerprint density at radius 3 is 3.23 bits per heavy atom. The summed E-state index contributed by atoms with van der Waals surface area (Å²) in [5.74, 6) is 1.94. The zero-order valence-electron chi connectivity index (χ0n) is 8.08. The topological polar surface area (TPSA) is 26.3 Å². The van der Waals surface area contributed by atoms with Gasteiger partial charge in [-0.05, 0) is 25.3 Å². The van der Waals surface area contributed by atoms with E-state index in [0.717, 1.165) is 32.3 Å². The van der Waals surface area contributed by atoms with Gasteiger partial charge in [0, 0.05) is 6.61 Å². The normalized spacial score (nSPS) is 21.6. The molecular weight excluding hydrogens is 164 g/mol. The average Bonchev–Trinajstić information content (AvgIpc) is 2.19. The van der Waals surface area contributed by atoms with Gasteiger partial charge < -0.3 is 4.74 Å². The van der Waals surface area contributed by atoms with E-state index in [1.54, 1.807) is 0 Å². The molecule has 0 aromatic heterocycles. The number of unbranched alkanes of at least 4 members (excludes halogenated alkanes) is 1. The molecule has 1 atom stereocenters. The van der Waals surface area contributed by atoms with Crippen molar-refractivity contribution < 1.29 is 9.53 Å². The molecule has 72 valence electrons. The van der Waals surface area contributed by atoms with Crippen molar-refractivity contribution in [1.29, 1.82) is 0 Å². The van der Waals surface area contributed by atoms with Gasteiger partial charge in [0.15, 0.2) is 0 Å². The summed E-state index contributed by atoms with van der Waals surface area (Å²) in [6.07, 6.45) is 7.93. The molecule has 0 heterocycles. The van der Waals surface area contributed by atoms with Crippen molar-refractivity contribution in [3.8, 4) is 0 Å². The van der Waals surface area contributed by atoms with Crippen LogP contribution in [0.1, 0.15) is 32.6 Å². The molecule has 13 heavy (non-hydrogen) atoms. The molecule has 0 saturated heterocycles. The van der Waals surface area contributed by atoms with Crippen molar-refractivity contribution >= 4 is 5.94 Å². The van der Waals surface area contributed by atoms with E-state index in [-0.39, 0.29) is 6.10 Å². The SMILES string of the molecule is CCCCOC1CCC=CC1=C=O. The third kappa shape index (κ3) is 3.17. The van der Waals surface area contributed by atoms with Crippen molar-refractivity contribution in [3.63, 3.8) is 0 Å². The van der Waals surface area contributed by atoms with Gasteiger partial charge >= 0.3 is 0 Å². The van der Waals surface area contributed by atoms with Crippen molar-refractivity contribution in [2.75, 3.05) is 6.61 Å². The Bertz CT molecular complexity index is 224. The van der Waals surface area contributed by atoms with Crippen LogP contribution in [-0.2, 0) is 9.53 Å². The maximum Gasteiger partial charge on any atom is 0.130 e. The predicted octanol–water partition coefficient (Wildman–Crippen LogP) is 2.28. The molecule has 2 heteroatoms. The van der Waals surface area contributed by atoms with E-state index in [1.165, 1.54) is 0 Å². The fourth-order valence-electron chi connectivity index (χ4n) is 1.36. The van der Waals surface area contributed by atoms with Gasteiger partial charge in [-0.25, -0.2) is 4.79 Å². The van der Waals surface area contributed by atoms with Crippen molar-refractivity contribution in [2.24, 2.45) is 0 Å². The molecule has 0 spiro atoms. The molecule has 0 aromatic rings. The maximum absolute atomic E-state index is 10.5. The third-order valence-corrected chi connectivity index (χ3v) is 2.17. The number of ether oxygens (including phenoxy) is 1. The molecule has 0 fully saturated rings. The van der Waals surface area contributed by atoms with E-state index >= 15 is 0 Å². The van der Waals surface area contributed by atoms with Gasteiger partial charge in [0.25, 0.3) is 0 Å². The van der Waals surface area contributed by atoms with Crippen LogP contribution >= 0.6 is 0 Å². The Balaban J connectivity index is 2.40. The number of allylic oxidation sites excluding steroid dienone is 1. The monoisotopic (exact) mass is 180 g/mol. The number of rotatable bonds is 4. The first kappa shape index (κ1) is 10.2. The Morgan fingerprint density at radius 1 is 1.69 bits per heavy atom. The zero-order valence-corrected chi connectivity index (χ0v) is 8.08. The highest BCUT2D eigenvalue weighted by Crippen LogP contribution is 2.18. The molecule has 0 amide bonds. The molecule has 1 aliphatic carbocycles. The second-order valence-corrected chi connectivity index (χ2v) is 3.25. The van der Waals surface area contributed by atoms with Crippen LogP contribution in [0.2, 0.25) is 0 Å². The van der Waals surface area contributed by atoms with Gasteiger partial charge in [0.2, 0.25) is 0 Å². The van der Waals surface area contributed by atoms with Gasteiger partial charge in [-0.15, -0.1) is 0 Å². The minimum absolute atomic E-state index is 0.00551. The predicted molar refractivity (Wildman–Crippen MR) is 52.2 cm³/mol. The van der Waals surface area contributed by atoms with Crippen molar-refractivity contribution in [3.05, 3.63) is 17.7 Å². The quantitative estimate of drug-likeness (QED) is 0.490. The van der Waals surface area contributed by atoms with Gasteiger partial charge in [-0.1, -0.05) is 19.4 Å². The lowest BCUT2D eigenvalue weighted by molar-refractivity contribution is 0.0715. The Labute approximate surface area is 79.3 Å². The maximum atomic E-state index is 10.5. The first-order chi connectivity index (χ1) is 6.38. The summed E-state index contributed by atoms with van der Waals surface area (Å²) >= 11 is 0. The number of hydrogen-bond donors (Lipinski definition) is 0. The first-order valence-electron chi connectivity index (χ1n) is 4.91. The average molecular weight is 180 g/mol. The lowest BCUT2D eigenvalue weighted by Crippen LogP contribution is -2.18. The molecule has 0 radical (unpaired) electrons. The minimum Gasteiger partial charge on any atom is -0.373 e. The van der Waals surface area contributed by atoms with Crippen LogP contribution in [0, 0.1) is 0 Å². The smallest absolute Gasteiger partial charge is 0.130 e. The van der Waals surface area contributed by atoms with Gasteiger partial charge in [0.05, 0.1) is 11.7 Å². The van der Waals surface area contributed by atoms with Crippen LogP contribution in [0.15, 0.2) is 17.7 Å². The highest BCUT2D eigenvalue weighted by atomic mass is 16.5. The van der Waals surface area contributed by atoms with Crippen molar-refractivity contribution in [2.45, 2.75) is 38.7 Å². The second kappa shape index (κ2) is 5.74. The standard InChI is InChI=1S/C11H16O2/c1-2-3-8-13-11-7-5-4-6-10(11)9-12/h4,6,11H,2-3,5,7-8H2,1H3. The summed E-state index contributed by atoms with van der Waals surface area (Å²) in [5, 5.41) is 0. The van der Waals surface area contributed by atoms with Crippen molar-refractivity contribution in [1.82, 2.24) is 0 Å². The molecule has 1 unspecified atom stereocenters. The lowest BCUT2D eigenvalue weighted by atomic mass is 10.00. The van der Waals surface area contributed by atoms with Crippen LogP contribution in [0.4, 0.5) is 0 Å². The molecule has 0 aliphatic heterocycles. The van der Waals surface area contributed by atoms with E-state index in [4.69, 9.17) is 4.74 Å². The molecule has 0 bridgehead atoms. The summed E-state index contributed by atoms with van der Waals surface area (Å²) in [4.78, 5) is 10.5. The summed E-state index contributed by atoms with van der Waals surface area (Å²) in [5.41, 5.74) is 0.669. The van der Waals surface area contributed by atoms with Crippen LogP contribution in [0.3, 0.4) is 0 Å². The zero-order chi connectivity index (χ0) is 9.52. The van der Waals surface area contributed by atoms with Gasteiger partial charge in [-0.2, -0.15) is 0 Å². The first-order valence-corrected chi connectivity index (χ1v) is 4.91.